The Kier molecular flexibility index (Phi) is 9.36. The Balaban J connectivity index is 0.000000196. The van der Waals surface area contributed by atoms with Gasteiger partial charge in [0.1, 0.15) is 5.75 Å². The first kappa shape index (κ1) is 26.8. The molecule has 0 bridgehead atoms. The summed E-state index contributed by atoms with van der Waals surface area (Å²) >= 11 is 23.7. The Morgan fingerprint density at radius 1 is 0.600 bits per heavy atom. The van der Waals surface area contributed by atoms with Crippen LogP contribution in [-0.2, 0) is 0 Å². The van der Waals surface area contributed by atoms with Crippen molar-refractivity contribution in [2.45, 2.75) is 6.92 Å². The molecule has 4 rings (SSSR count). The molecule has 0 N–H and O–H groups in total. The molecule has 0 radical (unpaired) electrons. The van der Waals surface area contributed by atoms with Gasteiger partial charge in [-0.15, -0.1) is 0 Å². The fourth-order valence-electron chi connectivity index (χ4n) is 3.10. The molecule has 0 saturated heterocycles. The lowest BCUT2D eigenvalue weighted by Crippen LogP contribution is -2.02. The molecule has 7 heteroatoms. The van der Waals surface area contributed by atoms with Crippen molar-refractivity contribution in [1.29, 1.82) is 0 Å². The van der Waals surface area contributed by atoms with E-state index in [-0.39, 0.29) is 11.6 Å². The normalized spacial score (nSPS) is 10.2. The van der Waals surface area contributed by atoms with E-state index in [4.69, 9.17) is 51.1 Å². The van der Waals surface area contributed by atoms with Crippen LogP contribution in [0.1, 0.15) is 37.4 Å². The van der Waals surface area contributed by atoms with Gasteiger partial charge in [-0.05, 0) is 67.6 Å². The van der Waals surface area contributed by atoms with Crippen LogP contribution in [0.25, 0.3) is 0 Å². The highest BCUT2D eigenvalue weighted by Crippen LogP contribution is 2.25. The predicted molar refractivity (Wildman–Crippen MR) is 144 cm³/mol. The molecule has 4 aromatic rings. The number of halogens is 4. The number of ketones is 2. The monoisotopic (exact) mass is 544 g/mol. The third-order valence-electron chi connectivity index (χ3n) is 5.01. The van der Waals surface area contributed by atoms with E-state index in [1.807, 2.05) is 19.1 Å². The van der Waals surface area contributed by atoms with Gasteiger partial charge in [0.25, 0.3) is 0 Å². The number of carbonyl (C=O) groups is 2. The van der Waals surface area contributed by atoms with E-state index < -0.39 is 0 Å². The van der Waals surface area contributed by atoms with Crippen LogP contribution < -0.4 is 4.74 Å². The molecule has 0 aliphatic heterocycles. The Labute approximate surface area is 224 Å². The molecule has 0 spiro atoms. The van der Waals surface area contributed by atoms with Gasteiger partial charge in [0, 0.05) is 32.3 Å². The molecule has 0 saturated carbocycles. The van der Waals surface area contributed by atoms with Gasteiger partial charge in [0.05, 0.1) is 17.2 Å². The molecule has 0 amide bonds. The summed E-state index contributed by atoms with van der Waals surface area (Å²) in [6, 6.07) is 23.9. The highest BCUT2D eigenvalue weighted by atomic mass is 35.5. The summed E-state index contributed by atoms with van der Waals surface area (Å²) < 4.78 is 5.04. The van der Waals surface area contributed by atoms with E-state index in [0.717, 1.165) is 5.56 Å². The van der Waals surface area contributed by atoms with Crippen molar-refractivity contribution >= 4 is 58.0 Å². The summed E-state index contributed by atoms with van der Waals surface area (Å²) in [4.78, 5) is 24.4. The second-order valence-corrected chi connectivity index (χ2v) is 9.19. The summed E-state index contributed by atoms with van der Waals surface area (Å²) in [5.41, 5.74) is 3.09. The molecule has 4 aromatic carbocycles. The number of rotatable bonds is 5. The van der Waals surface area contributed by atoms with Gasteiger partial charge in [-0.1, -0.05) is 76.2 Å². The van der Waals surface area contributed by atoms with E-state index in [1.165, 1.54) is 0 Å². The SMILES string of the molecule is COc1ccc(C(=O)c2cc(Cl)ccc2Cl)cc1.Cc1ccc(C(=O)c2cc(Cl)ccc2Cl)cc1. The number of methoxy groups -OCH3 is 1. The van der Waals surface area contributed by atoms with Crippen molar-refractivity contribution in [1.82, 2.24) is 0 Å². The van der Waals surface area contributed by atoms with Crippen molar-refractivity contribution in [3.8, 4) is 5.75 Å². The first-order valence-electron chi connectivity index (χ1n) is 10.4. The fourth-order valence-corrected chi connectivity index (χ4v) is 3.85. The van der Waals surface area contributed by atoms with Gasteiger partial charge in [-0.25, -0.2) is 0 Å². The zero-order valence-electron chi connectivity index (χ0n) is 18.8. The van der Waals surface area contributed by atoms with E-state index in [0.29, 0.717) is 48.1 Å². The smallest absolute Gasteiger partial charge is 0.194 e. The minimum atomic E-state index is -0.162. The van der Waals surface area contributed by atoms with E-state index in [2.05, 4.69) is 0 Å². The molecule has 3 nitrogen and oxygen atoms in total. The second kappa shape index (κ2) is 12.2. The topological polar surface area (TPSA) is 43.4 Å². The second-order valence-electron chi connectivity index (χ2n) is 7.50. The number of carbonyl (C=O) groups excluding carboxylic acids is 2. The van der Waals surface area contributed by atoms with Gasteiger partial charge >= 0.3 is 0 Å². The Morgan fingerprint density at radius 3 is 1.40 bits per heavy atom. The van der Waals surface area contributed by atoms with Crippen LogP contribution in [0, 0.1) is 6.92 Å². The highest BCUT2D eigenvalue weighted by Gasteiger charge is 2.14. The van der Waals surface area contributed by atoms with Crippen LogP contribution in [0.15, 0.2) is 84.9 Å². The predicted octanol–water partition coefficient (Wildman–Crippen LogP) is 8.77. The summed E-state index contributed by atoms with van der Waals surface area (Å²) in [7, 11) is 1.57. The van der Waals surface area contributed by atoms with Crippen molar-refractivity contribution < 1.29 is 14.3 Å². The maximum Gasteiger partial charge on any atom is 0.194 e. The van der Waals surface area contributed by atoms with E-state index in [1.54, 1.807) is 79.9 Å². The molecular weight excluding hydrogens is 526 g/mol. The molecule has 0 atom stereocenters. The highest BCUT2D eigenvalue weighted by molar-refractivity contribution is 6.37. The quantitative estimate of drug-likeness (QED) is 0.235. The average molecular weight is 546 g/mol. The molecule has 0 aliphatic carbocycles. The Bertz CT molecular complexity index is 1350. The minimum absolute atomic E-state index is 0.113. The van der Waals surface area contributed by atoms with Crippen LogP contribution in [-0.4, -0.2) is 18.7 Å². The van der Waals surface area contributed by atoms with Crippen molar-refractivity contribution in [3.63, 3.8) is 0 Å². The Morgan fingerprint density at radius 2 is 1.00 bits per heavy atom. The molecule has 0 aromatic heterocycles. The minimum Gasteiger partial charge on any atom is -0.497 e. The Hall–Kier alpha value is -2.82. The van der Waals surface area contributed by atoms with E-state index >= 15 is 0 Å². The zero-order chi connectivity index (χ0) is 25.5. The van der Waals surface area contributed by atoms with Gasteiger partial charge in [0.15, 0.2) is 11.6 Å². The molecule has 0 unspecified atom stereocenters. The number of hydrogen-bond donors (Lipinski definition) is 0. The zero-order valence-corrected chi connectivity index (χ0v) is 21.8. The lowest BCUT2D eigenvalue weighted by atomic mass is 10.0. The van der Waals surface area contributed by atoms with Gasteiger partial charge in [-0.3, -0.25) is 9.59 Å². The standard InChI is InChI=1S/C14H10Cl2O2.C14H10Cl2O/c1-18-11-5-2-9(3-6-11)14(17)12-8-10(15)4-7-13(12)16;1-9-2-4-10(5-3-9)14(17)12-8-11(15)6-7-13(12)16/h2-8H,1H3;2-8H,1H3. The number of benzene rings is 4. The van der Waals surface area contributed by atoms with Gasteiger partial charge in [0.2, 0.25) is 0 Å². The summed E-state index contributed by atoms with van der Waals surface area (Å²) in [5, 5.41) is 1.79. The van der Waals surface area contributed by atoms with Crippen LogP contribution in [0.5, 0.6) is 5.75 Å². The molecule has 178 valence electrons. The average Bonchev–Trinajstić information content (AvgIpc) is 2.87. The summed E-state index contributed by atoms with van der Waals surface area (Å²) in [6.07, 6.45) is 0. The van der Waals surface area contributed by atoms with Crippen LogP contribution in [0.2, 0.25) is 20.1 Å². The molecular formula is C28H20Cl4O3. The molecule has 35 heavy (non-hydrogen) atoms. The van der Waals surface area contributed by atoms with Gasteiger partial charge < -0.3 is 4.74 Å². The van der Waals surface area contributed by atoms with E-state index in [9.17, 15) is 9.59 Å². The van der Waals surface area contributed by atoms with Crippen LogP contribution >= 0.6 is 46.4 Å². The lowest BCUT2D eigenvalue weighted by molar-refractivity contribution is 0.103. The molecule has 0 fully saturated rings. The first-order valence-corrected chi connectivity index (χ1v) is 11.9. The number of aryl methyl sites for hydroxylation is 1. The van der Waals surface area contributed by atoms with Crippen LogP contribution in [0.3, 0.4) is 0 Å². The number of ether oxygens (including phenoxy) is 1. The third kappa shape index (κ3) is 7.09. The summed E-state index contributed by atoms with van der Waals surface area (Å²) in [5.74, 6) is 0.423. The number of hydrogen-bond acceptors (Lipinski definition) is 3. The van der Waals surface area contributed by atoms with Crippen molar-refractivity contribution in [2.24, 2.45) is 0 Å². The fraction of sp³-hybridized carbons (Fsp3) is 0.0714. The third-order valence-corrected chi connectivity index (χ3v) is 6.14. The van der Waals surface area contributed by atoms with Crippen LogP contribution in [0.4, 0.5) is 0 Å². The summed E-state index contributed by atoms with van der Waals surface area (Å²) in [6.45, 7) is 1.97. The maximum absolute atomic E-state index is 12.2. The maximum atomic E-state index is 12.2. The van der Waals surface area contributed by atoms with Crippen molar-refractivity contribution in [3.05, 3.63) is 133 Å². The molecule has 0 aliphatic rings. The lowest BCUT2D eigenvalue weighted by Gasteiger charge is -2.05. The molecule has 0 heterocycles. The van der Waals surface area contributed by atoms with Gasteiger partial charge in [-0.2, -0.15) is 0 Å². The largest absolute Gasteiger partial charge is 0.497 e. The first-order chi connectivity index (χ1) is 16.7. The van der Waals surface area contributed by atoms with Crippen molar-refractivity contribution in [2.75, 3.05) is 7.11 Å².